The zero-order valence-electron chi connectivity index (χ0n) is 16.4. The van der Waals surface area contributed by atoms with Crippen molar-refractivity contribution < 1.29 is 0 Å². The van der Waals surface area contributed by atoms with Crippen LogP contribution in [0.2, 0.25) is 5.02 Å². The number of hydrogen-bond donors (Lipinski definition) is 0. The molecule has 0 atom stereocenters. The smallest absolute Gasteiger partial charge is 0.0605 e. The predicted molar refractivity (Wildman–Crippen MR) is 113 cm³/mol. The lowest BCUT2D eigenvalue weighted by molar-refractivity contribution is -0.00275. The summed E-state index contributed by atoms with van der Waals surface area (Å²) < 4.78 is 0. The first-order valence-electron chi connectivity index (χ1n) is 11.3. The third-order valence-corrected chi connectivity index (χ3v) is 8.15. The van der Waals surface area contributed by atoms with E-state index in [1.54, 1.807) is 0 Å². The van der Waals surface area contributed by atoms with Crippen molar-refractivity contribution in [2.24, 2.45) is 23.7 Å². The lowest BCUT2D eigenvalue weighted by Crippen LogP contribution is -2.43. The molecular formula is C25H32ClN. The highest BCUT2D eigenvalue weighted by Gasteiger charge is 2.48. The van der Waals surface area contributed by atoms with Gasteiger partial charge >= 0.3 is 0 Å². The van der Waals surface area contributed by atoms with E-state index in [1.807, 2.05) is 0 Å². The fraction of sp³-hybridized carbons (Fsp3) is 0.680. The summed E-state index contributed by atoms with van der Waals surface area (Å²) >= 11 is 6.79. The molecule has 144 valence electrons. The van der Waals surface area contributed by atoms with E-state index in [4.69, 9.17) is 11.6 Å². The summed E-state index contributed by atoms with van der Waals surface area (Å²) in [5, 5.41) is 0.967. The van der Waals surface area contributed by atoms with Crippen molar-refractivity contribution in [3.05, 3.63) is 34.3 Å². The Morgan fingerprint density at radius 2 is 1.56 bits per heavy atom. The normalized spacial score (nSPS) is 35.5. The monoisotopic (exact) mass is 381 g/mol. The number of likely N-dealkylation sites (tertiary alicyclic amines) is 1. The Balaban J connectivity index is 1.28. The first kappa shape index (κ1) is 18.1. The van der Waals surface area contributed by atoms with E-state index < -0.39 is 0 Å². The van der Waals surface area contributed by atoms with Gasteiger partial charge in [-0.2, -0.15) is 0 Å². The van der Waals surface area contributed by atoms with E-state index >= 15 is 0 Å². The molecule has 27 heavy (non-hydrogen) atoms. The Hall–Kier alpha value is -0.970. The van der Waals surface area contributed by atoms with Crippen LogP contribution in [0.5, 0.6) is 0 Å². The molecular weight excluding hydrogens is 350 g/mol. The molecule has 0 aromatic heterocycles. The molecule has 1 aromatic carbocycles. The summed E-state index contributed by atoms with van der Waals surface area (Å²) in [6, 6.07) is 6.67. The SMILES string of the molecule is Clc1cc(C#CCN2CCCCCC2)ccc1C1C2CC3CC(C2)CC1C3. The minimum Gasteiger partial charge on any atom is -0.292 e. The topological polar surface area (TPSA) is 3.24 Å². The van der Waals surface area contributed by atoms with Gasteiger partial charge in [-0.15, -0.1) is 0 Å². The molecule has 1 aliphatic heterocycles. The third kappa shape index (κ3) is 3.81. The first-order valence-corrected chi connectivity index (χ1v) is 11.6. The van der Waals surface area contributed by atoms with Crippen LogP contribution in [0.15, 0.2) is 18.2 Å². The number of hydrogen-bond acceptors (Lipinski definition) is 1. The number of rotatable bonds is 2. The highest BCUT2D eigenvalue weighted by Crippen LogP contribution is 2.60. The average molecular weight is 382 g/mol. The molecule has 5 fully saturated rings. The Kier molecular flexibility index (Phi) is 5.23. The molecule has 0 spiro atoms. The van der Waals surface area contributed by atoms with Crippen molar-refractivity contribution in [1.82, 2.24) is 4.90 Å². The molecule has 1 nitrogen and oxygen atoms in total. The lowest BCUT2D eigenvalue weighted by Gasteiger charge is -2.54. The molecule has 4 bridgehead atoms. The summed E-state index contributed by atoms with van der Waals surface area (Å²) in [4.78, 5) is 2.50. The van der Waals surface area contributed by atoms with Crippen LogP contribution in [-0.4, -0.2) is 24.5 Å². The summed E-state index contributed by atoms with van der Waals surface area (Å²) in [5.41, 5.74) is 2.51. The van der Waals surface area contributed by atoms with Gasteiger partial charge in [0.1, 0.15) is 0 Å². The molecule has 2 heteroatoms. The van der Waals surface area contributed by atoms with E-state index in [0.717, 1.165) is 40.8 Å². The summed E-state index contributed by atoms with van der Waals surface area (Å²) in [6.07, 6.45) is 12.7. The van der Waals surface area contributed by atoms with Crippen LogP contribution in [0.4, 0.5) is 0 Å². The van der Waals surface area contributed by atoms with Crippen LogP contribution in [0.3, 0.4) is 0 Å². The minimum atomic E-state index is 0.712. The standard InChI is InChI=1S/C25H32ClN/c26-24-17-18(6-5-11-27-9-3-1-2-4-10-27)7-8-23(24)25-21-13-19-12-20(15-21)16-22(25)14-19/h7-8,17,19-22,25H,1-4,9-16H2. The molecule has 0 unspecified atom stereocenters. The largest absolute Gasteiger partial charge is 0.292 e. The summed E-state index contributed by atoms with van der Waals surface area (Å²) in [7, 11) is 0. The maximum Gasteiger partial charge on any atom is 0.0605 e. The highest BCUT2D eigenvalue weighted by atomic mass is 35.5. The summed E-state index contributed by atoms with van der Waals surface area (Å²) in [6.45, 7) is 3.32. The van der Waals surface area contributed by atoms with Crippen LogP contribution in [0, 0.1) is 35.5 Å². The quantitative estimate of drug-likeness (QED) is 0.559. The maximum absolute atomic E-state index is 6.79. The molecule has 1 saturated heterocycles. The van der Waals surface area contributed by atoms with Crippen LogP contribution in [0.1, 0.15) is 74.8 Å². The number of nitrogens with zero attached hydrogens (tertiary/aromatic N) is 1. The average Bonchev–Trinajstić information content (AvgIpc) is 2.91. The van der Waals surface area contributed by atoms with Crippen molar-refractivity contribution in [2.75, 3.05) is 19.6 Å². The van der Waals surface area contributed by atoms with Gasteiger partial charge in [0, 0.05) is 10.6 Å². The van der Waals surface area contributed by atoms with Crippen molar-refractivity contribution in [3.63, 3.8) is 0 Å². The van der Waals surface area contributed by atoms with Crippen LogP contribution in [0.25, 0.3) is 0 Å². The van der Waals surface area contributed by atoms with Crippen molar-refractivity contribution in [2.45, 2.75) is 63.7 Å². The van der Waals surface area contributed by atoms with E-state index in [-0.39, 0.29) is 0 Å². The zero-order chi connectivity index (χ0) is 18.2. The third-order valence-electron chi connectivity index (χ3n) is 7.82. The van der Waals surface area contributed by atoms with Gasteiger partial charge in [0.15, 0.2) is 0 Å². The second-order valence-corrected chi connectivity index (χ2v) is 10.1. The van der Waals surface area contributed by atoms with Gasteiger partial charge in [-0.05, 0) is 105 Å². The van der Waals surface area contributed by atoms with Gasteiger partial charge in [0.25, 0.3) is 0 Å². The van der Waals surface area contributed by atoms with Crippen molar-refractivity contribution >= 4 is 11.6 Å². The minimum absolute atomic E-state index is 0.712. The fourth-order valence-corrected chi connectivity index (χ4v) is 7.16. The Morgan fingerprint density at radius 3 is 2.19 bits per heavy atom. The van der Waals surface area contributed by atoms with Crippen LogP contribution < -0.4 is 0 Å². The van der Waals surface area contributed by atoms with Gasteiger partial charge in [-0.25, -0.2) is 0 Å². The number of benzene rings is 1. The maximum atomic E-state index is 6.79. The molecule has 4 aliphatic carbocycles. The highest BCUT2D eigenvalue weighted by molar-refractivity contribution is 6.31. The zero-order valence-corrected chi connectivity index (χ0v) is 17.2. The molecule has 5 aliphatic rings. The van der Waals surface area contributed by atoms with Crippen molar-refractivity contribution in [1.29, 1.82) is 0 Å². The second-order valence-electron chi connectivity index (χ2n) is 9.68. The lowest BCUT2D eigenvalue weighted by atomic mass is 9.51. The Bertz CT molecular complexity index is 706. The molecule has 1 heterocycles. The van der Waals surface area contributed by atoms with Gasteiger partial charge in [-0.1, -0.05) is 42.3 Å². The van der Waals surface area contributed by atoms with Gasteiger partial charge in [0.05, 0.1) is 6.54 Å². The molecule has 1 aromatic rings. The van der Waals surface area contributed by atoms with Gasteiger partial charge in [-0.3, -0.25) is 4.90 Å². The van der Waals surface area contributed by atoms with E-state index in [1.165, 1.54) is 76.4 Å². The van der Waals surface area contributed by atoms with Crippen molar-refractivity contribution in [3.8, 4) is 11.8 Å². The van der Waals surface area contributed by atoms with E-state index in [0.29, 0.717) is 5.92 Å². The molecule has 4 saturated carbocycles. The Labute approximate surface area is 169 Å². The van der Waals surface area contributed by atoms with E-state index in [2.05, 4.69) is 34.9 Å². The van der Waals surface area contributed by atoms with Crippen LogP contribution >= 0.6 is 11.6 Å². The Morgan fingerprint density at radius 1 is 0.889 bits per heavy atom. The first-order chi connectivity index (χ1) is 13.3. The predicted octanol–water partition coefficient (Wildman–Crippen LogP) is 6.11. The van der Waals surface area contributed by atoms with Crippen LogP contribution in [-0.2, 0) is 0 Å². The molecule has 0 N–H and O–H groups in total. The van der Waals surface area contributed by atoms with Gasteiger partial charge in [0.2, 0.25) is 0 Å². The fourth-order valence-electron chi connectivity index (χ4n) is 6.86. The molecule has 0 amide bonds. The second kappa shape index (κ2) is 7.81. The molecule has 0 radical (unpaired) electrons. The van der Waals surface area contributed by atoms with E-state index in [9.17, 15) is 0 Å². The molecule has 6 rings (SSSR count). The van der Waals surface area contributed by atoms with Gasteiger partial charge < -0.3 is 0 Å². The summed E-state index contributed by atoms with van der Waals surface area (Å²) in [5.74, 6) is 11.3. The number of halogens is 1.